The normalized spacial score (nSPS) is 12.6. The van der Waals surface area contributed by atoms with Gasteiger partial charge >= 0.3 is 0 Å². The molecule has 0 aliphatic heterocycles. The van der Waals surface area contributed by atoms with Gasteiger partial charge in [0, 0.05) is 17.7 Å². The highest BCUT2D eigenvalue weighted by atomic mass is 79.9. The molecule has 0 aliphatic carbocycles. The highest BCUT2D eigenvalue weighted by Crippen LogP contribution is 2.39. The van der Waals surface area contributed by atoms with Gasteiger partial charge in [0.15, 0.2) is 0 Å². The van der Waals surface area contributed by atoms with Crippen LogP contribution in [0.5, 0.6) is 11.5 Å². The Morgan fingerprint density at radius 1 is 1.60 bits per heavy atom. The molecule has 0 aromatic heterocycles. The van der Waals surface area contributed by atoms with Gasteiger partial charge in [0.25, 0.3) is 0 Å². The number of ether oxygens (including phenoxy) is 1. The van der Waals surface area contributed by atoms with Crippen LogP contribution in [0.4, 0.5) is 0 Å². The van der Waals surface area contributed by atoms with Crippen LogP contribution in [0.3, 0.4) is 0 Å². The van der Waals surface area contributed by atoms with E-state index in [1.54, 1.807) is 13.0 Å². The minimum atomic E-state index is -0.870. The van der Waals surface area contributed by atoms with Gasteiger partial charge in [-0.2, -0.15) is 0 Å². The predicted octanol–water partition coefficient (Wildman–Crippen LogP) is 1.46. The molecule has 1 aromatic rings. The zero-order valence-electron chi connectivity index (χ0n) is 8.62. The molecular weight excluding hydrogens is 262 g/mol. The van der Waals surface area contributed by atoms with E-state index < -0.39 is 6.10 Å². The maximum atomic E-state index is 9.82. The molecule has 0 aliphatic rings. The summed E-state index contributed by atoms with van der Waals surface area (Å²) in [7, 11) is 1.52. The van der Waals surface area contributed by atoms with Crippen molar-refractivity contribution in [1.29, 1.82) is 0 Å². The zero-order chi connectivity index (χ0) is 11.6. The lowest BCUT2D eigenvalue weighted by atomic mass is 10.0. The first-order valence-electron chi connectivity index (χ1n) is 4.47. The number of hydrogen-bond donors (Lipinski definition) is 3. The minimum absolute atomic E-state index is 0.0213. The molecule has 0 saturated carbocycles. The third-order valence-corrected chi connectivity index (χ3v) is 2.84. The highest BCUT2D eigenvalue weighted by molar-refractivity contribution is 9.10. The van der Waals surface area contributed by atoms with Crippen molar-refractivity contribution in [1.82, 2.24) is 0 Å². The van der Waals surface area contributed by atoms with Crippen molar-refractivity contribution in [2.75, 3.05) is 13.7 Å². The summed E-state index contributed by atoms with van der Waals surface area (Å²) in [4.78, 5) is 0. The topological polar surface area (TPSA) is 75.7 Å². The van der Waals surface area contributed by atoms with Gasteiger partial charge in [-0.05, 0) is 28.9 Å². The van der Waals surface area contributed by atoms with Crippen molar-refractivity contribution in [3.63, 3.8) is 0 Å². The van der Waals surface area contributed by atoms with E-state index in [9.17, 15) is 10.2 Å². The Morgan fingerprint density at radius 2 is 2.20 bits per heavy atom. The van der Waals surface area contributed by atoms with Crippen LogP contribution >= 0.6 is 15.9 Å². The van der Waals surface area contributed by atoms with Gasteiger partial charge in [0.1, 0.15) is 11.5 Å². The van der Waals surface area contributed by atoms with Crippen LogP contribution in [0, 0.1) is 6.92 Å². The first-order chi connectivity index (χ1) is 7.02. The number of nitrogens with two attached hydrogens (primary N) is 1. The fourth-order valence-electron chi connectivity index (χ4n) is 1.41. The van der Waals surface area contributed by atoms with E-state index in [4.69, 9.17) is 10.5 Å². The summed E-state index contributed by atoms with van der Waals surface area (Å²) >= 11 is 3.30. The number of halogens is 1. The number of methoxy groups -OCH3 is 1. The molecule has 4 nitrogen and oxygen atoms in total. The lowest BCUT2D eigenvalue weighted by molar-refractivity contribution is 0.182. The quantitative estimate of drug-likeness (QED) is 0.781. The van der Waals surface area contributed by atoms with Crippen LogP contribution in [0.15, 0.2) is 10.5 Å². The summed E-state index contributed by atoms with van der Waals surface area (Å²) in [5, 5.41) is 19.4. The summed E-state index contributed by atoms with van der Waals surface area (Å²) in [6, 6.07) is 1.61. The van der Waals surface area contributed by atoms with Crippen LogP contribution in [0.1, 0.15) is 17.2 Å². The number of phenolic OH excluding ortho intramolecular Hbond substituents is 1. The summed E-state index contributed by atoms with van der Waals surface area (Å²) in [6.45, 7) is 1.78. The van der Waals surface area contributed by atoms with E-state index in [1.165, 1.54) is 7.11 Å². The number of aromatic hydroxyl groups is 1. The van der Waals surface area contributed by atoms with Crippen molar-refractivity contribution in [2.45, 2.75) is 13.0 Å². The van der Waals surface area contributed by atoms with Crippen molar-refractivity contribution >= 4 is 15.9 Å². The van der Waals surface area contributed by atoms with E-state index in [2.05, 4.69) is 15.9 Å². The number of hydrogen-bond acceptors (Lipinski definition) is 4. The number of rotatable bonds is 3. The van der Waals surface area contributed by atoms with Crippen LogP contribution in [0.25, 0.3) is 0 Å². The van der Waals surface area contributed by atoms with Crippen LogP contribution in [-0.2, 0) is 0 Å². The molecule has 1 atom stereocenters. The van der Waals surface area contributed by atoms with Gasteiger partial charge in [0.2, 0.25) is 0 Å². The van der Waals surface area contributed by atoms with Crippen LogP contribution in [-0.4, -0.2) is 23.9 Å². The number of phenols is 1. The molecular formula is C10H14BrNO3. The maximum absolute atomic E-state index is 9.82. The Labute approximate surface area is 96.8 Å². The second kappa shape index (κ2) is 4.83. The Kier molecular flexibility index (Phi) is 3.96. The Hall–Kier alpha value is -0.780. The first kappa shape index (κ1) is 12.3. The third kappa shape index (κ3) is 2.25. The van der Waals surface area contributed by atoms with Crippen molar-refractivity contribution in [2.24, 2.45) is 5.73 Å². The fraction of sp³-hybridized carbons (Fsp3) is 0.400. The average molecular weight is 276 g/mol. The summed E-state index contributed by atoms with van der Waals surface area (Å²) in [5.74, 6) is 0.577. The lowest BCUT2D eigenvalue weighted by Crippen LogP contribution is -2.12. The summed E-state index contributed by atoms with van der Waals surface area (Å²) in [6.07, 6.45) is -0.870. The van der Waals surface area contributed by atoms with Gasteiger partial charge in [0.05, 0.1) is 17.7 Å². The molecule has 0 spiro atoms. The van der Waals surface area contributed by atoms with Gasteiger partial charge in [-0.15, -0.1) is 0 Å². The lowest BCUT2D eigenvalue weighted by Gasteiger charge is -2.16. The monoisotopic (exact) mass is 275 g/mol. The van der Waals surface area contributed by atoms with E-state index in [-0.39, 0.29) is 12.3 Å². The summed E-state index contributed by atoms with van der Waals surface area (Å²) < 4.78 is 5.79. The highest BCUT2D eigenvalue weighted by Gasteiger charge is 2.18. The maximum Gasteiger partial charge on any atom is 0.139 e. The summed E-state index contributed by atoms with van der Waals surface area (Å²) in [5.41, 5.74) is 6.32. The van der Waals surface area contributed by atoms with Gasteiger partial charge < -0.3 is 20.7 Å². The number of aliphatic hydroxyl groups excluding tert-OH is 1. The van der Waals surface area contributed by atoms with Crippen LogP contribution < -0.4 is 10.5 Å². The zero-order valence-corrected chi connectivity index (χ0v) is 10.2. The molecule has 0 bridgehead atoms. The molecule has 0 radical (unpaired) electrons. The smallest absolute Gasteiger partial charge is 0.139 e. The van der Waals surface area contributed by atoms with E-state index in [0.717, 1.165) is 0 Å². The SMILES string of the molecule is COc1c(Br)cc(C(O)CN)c(O)c1C. The number of aliphatic hydroxyl groups is 1. The first-order valence-corrected chi connectivity index (χ1v) is 5.26. The van der Waals surface area contributed by atoms with Crippen molar-refractivity contribution in [3.05, 3.63) is 21.7 Å². The van der Waals surface area contributed by atoms with E-state index in [0.29, 0.717) is 21.3 Å². The van der Waals surface area contributed by atoms with Gasteiger partial charge in [-0.3, -0.25) is 0 Å². The van der Waals surface area contributed by atoms with Gasteiger partial charge in [-0.25, -0.2) is 0 Å². The second-order valence-electron chi connectivity index (χ2n) is 3.21. The predicted molar refractivity (Wildman–Crippen MR) is 61.1 cm³/mol. The Balaban J connectivity index is 3.33. The molecule has 84 valence electrons. The molecule has 0 fully saturated rings. The molecule has 5 heteroatoms. The molecule has 1 rings (SSSR count). The molecule has 0 saturated heterocycles. The molecule has 1 aromatic carbocycles. The standard InChI is InChI=1S/C10H14BrNO3/c1-5-9(14)6(8(13)4-12)3-7(11)10(5)15-2/h3,8,13-14H,4,12H2,1-2H3. The average Bonchev–Trinajstić information content (AvgIpc) is 2.23. The Morgan fingerprint density at radius 3 is 2.67 bits per heavy atom. The van der Waals surface area contributed by atoms with Gasteiger partial charge in [-0.1, -0.05) is 0 Å². The minimum Gasteiger partial charge on any atom is -0.507 e. The number of benzene rings is 1. The van der Waals surface area contributed by atoms with Crippen LogP contribution in [0.2, 0.25) is 0 Å². The molecule has 4 N–H and O–H groups in total. The molecule has 0 heterocycles. The second-order valence-corrected chi connectivity index (χ2v) is 4.06. The molecule has 0 amide bonds. The van der Waals surface area contributed by atoms with Crippen molar-refractivity contribution in [3.8, 4) is 11.5 Å². The fourth-order valence-corrected chi connectivity index (χ4v) is 2.11. The van der Waals surface area contributed by atoms with E-state index in [1.807, 2.05) is 0 Å². The third-order valence-electron chi connectivity index (χ3n) is 2.25. The largest absolute Gasteiger partial charge is 0.507 e. The molecule has 1 unspecified atom stereocenters. The molecule has 15 heavy (non-hydrogen) atoms. The van der Waals surface area contributed by atoms with Crippen molar-refractivity contribution < 1.29 is 14.9 Å². The Bertz CT molecular complexity index is 368. The van der Waals surface area contributed by atoms with E-state index >= 15 is 0 Å².